The van der Waals surface area contributed by atoms with Crippen molar-refractivity contribution in [1.82, 2.24) is 15.3 Å². The fourth-order valence-corrected chi connectivity index (χ4v) is 4.27. The van der Waals surface area contributed by atoms with Crippen molar-refractivity contribution in [2.75, 3.05) is 11.9 Å². The molecule has 2 aromatic heterocycles. The van der Waals surface area contributed by atoms with Crippen LogP contribution in [0.1, 0.15) is 24.7 Å². The first-order valence-electron chi connectivity index (χ1n) is 10.7. The molecule has 0 saturated carbocycles. The van der Waals surface area contributed by atoms with Gasteiger partial charge in [0.15, 0.2) is 5.16 Å². The monoisotopic (exact) mass is 446 g/mol. The van der Waals surface area contributed by atoms with Crippen molar-refractivity contribution in [3.8, 4) is 0 Å². The van der Waals surface area contributed by atoms with Crippen molar-refractivity contribution < 1.29 is 9.21 Å². The summed E-state index contributed by atoms with van der Waals surface area (Å²) in [5.41, 5.74) is 2.13. The van der Waals surface area contributed by atoms with Crippen LogP contribution in [0.2, 0.25) is 0 Å². The minimum atomic E-state index is -0.289. The number of carbonyl (C=O) groups is 1. The topological polar surface area (TPSA) is 80.0 Å². The molecule has 0 aliphatic carbocycles. The van der Waals surface area contributed by atoms with Crippen molar-refractivity contribution >= 4 is 34.4 Å². The largest absolute Gasteiger partial charge is 0.467 e. The van der Waals surface area contributed by atoms with Gasteiger partial charge < -0.3 is 15.1 Å². The molecule has 164 valence electrons. The van der Waals surface area contributed by atoms with E-state index in [0.717, 1.165) is 35.4 Å². The van der Waals surface area contributed by atoms with E-state index in [1.54, 1.807) is 6.26 Å². The molecule has 7 heteroatoms. The predicted octanol–water partition coefficient (Wildman–Crippen LogP) is 5.06. The second-order valence-corrected chi connectivity index (χ2v) is 8.52. The highest BCUT2D eigenvalue weighted by atomic mass is 32.2. The van der Waals surface area contributed by atoms with Crippen molar-refractivity contribution in [3.05, 3.63) is 84.3 Å². The Morgan fingerprint density at radius 1 is 1.03 bits per heavy atom. The molecule has 2 aromatic carbocycles. The molecule has 4 rings (SSSR count). The fraction of sp³-hybridized carbons (Fsp3) is 0.240. The summed E-state index contributed by atoms with van der Waals surface area (Å²) in [7, 11) is 0. The number of amides is 1. The Morgan fingerprint density at radius 2 is 1.84 bits per heavy atom. The molecule has 0 saturated heterocycles. The molecule has 32 heavy (non-hydrogen) atoms. The van der Waals surface area contributed by atoms with E-state index in [4.69, 9.17) is 14.4 Å². The van der Waals surface area contributed by atoms with E-state index in [9.17, 15) is 4.79 Å². The summed E-state index contributed by atoms with van der Waals surface area (Å²) in [5, 5.41) is 7.67. The first-order valence-corrected chi connectivity index (χ1v) is 11.6. The maximum atomic E-state index is 12.7. The maximum Gasteiger partial charge on any atom is 0.233 e. The molecular weight excluding hydrogens is 420 g/mol. The van der Waals surface area contributed by atoms with E-state index < -0.39 is 0 Å². The number of anilines is 1. The summed E-state index contributed by atoms with van der Waals surface area (Å²) in [6.07, 6.45) is 3.17. The lowest BCUT2D eigenvalue weighted by Gasteiger charge is -2.15. The molecule has 0 unspecified atom stereocenters. The number of aromatic nitrogens is 2. The lowest BCUT2D eigenvalue weighted by molar-refractivity contribution is -0.120. The van der Waals surface area contributed by atoms with Crippen LogP contribution in [-0.2, 0) is 17.8 Å². The Bertz CT molecular complexity index is 1150. The van der Waals surface area contributed by atoms with E-state index in [1.165, 1.54) is 17.3 Å². The van der Waals surface area contributed by atoms with Gasteiger partial charge in [-0.2, -0.15) is 0 Å². The number of carbonyl (C=O) groups excluding carboxylic acids is 1. The van der Waals surface area contributed by atoms with Crippen molar-refractivity contribution in [2.45, 2.75) is 36.7 Å². The summed E-state index contributed by atoms with van der Waals surface area (Å²) in [5.74, 6) is 1.47. The zero-order valence-electron chi connectivity index (χ0n) is 18.0. The highest BCUT2D eigenvalue weighted by Gasteiger charge is 2.20. The summed E-state index contributed by atoms with van der Waals surface area (Å²) in [4.78, 5) is 22.2. The second-order valence-electron chi connectivity index (χ2n) is 7.35. The van der Waals surface area contributed by atoms with Crippen LogP contribution >= 0.6 is 11.8 Å². The molecule has 0 radical (unpaired) electrons. The standard InChI is InChI=1S/C25H26N4O2S/c1-2-22(24(30)27-17-19-11-8-16-31-19)32-25-28-21-13-7-6-12-20(21)23(29-25)26-15-14-18-9-4-3-5-10-18/h3-13,16,22H,2,14-15,17H2,1H3,(H,27,30)(H,26,28,29)/t22-/m1/s1. The van der Waals surface area contributed by atoms with E-state index >= 15 is 0 Å². The number of rotatable bonds is 10. The van der Waals surface area contributed by atoms with Crippen molar-refractivity contribution in [1.29, 1.82) is 0 Å². The van der Waals surface area contributed by atoms with Gasteiger partial charge in [-0.1, -0.05) is 61.2 Å². The third-order valence-corrected chi connectivity index (χ3v) is 6.28. The highest BCUT2D eigenvalue weighted by molar-refractivity contribution is 8.00. The first kappa shape index (κ1) is 21.9. The first-order chi connectivity index (χ1) is 15.7. The van der Waals surface area contributed by atoms with Gasteiger partial charge in [0.25, 0.3) is 0 Å². The van der Waals surface area contributed by atoms with Gasteiger partial charge in [-0.3, -0.25) is 4.79 Å². The van der Waals surface area contributed by atoms with Crippen LogP contribution in [0.15, 0.2) is 82.6 Å². The van der Waals surface area contributed by atoms with Crippen LogP contribution in [0, 0.1) is 0 Å². The van der Waals surface area contributed by atoms with E-state index in [0.29, 0.717) is 18.1 Å². The maximum absolute atomic E-state index is 12.7. The smallest absolute Gasteiger partial charge is 0.233 e. The number of para-hydroxylation sites is 1. The number of nitrogens with zero attached hydrogens (tertiary/aromatic N) is 2. The molecule has 1 atom stereocenters. The molecule has 0 aliphatic rings. The predicted molar refractivity (Wildman–Crippen MR) is 129 cm³/mol. The zero-order valence-corrected chi connectivity index (χ0v) is 18.8. The fourth-order valence-electron chi connectivity index (χ4n) is 3.36. The summed E-state index contributed by atoms with van der Waals surface area (Å²) in [6.45, 7) is 3.12. The quantitative estimate of drug-likeness (QED) is 0.262. The number of thioether (sulfide) groups is 1. The van der Waals surface area contributed by atoms with Crippen LogP contribution in [0.5, 0.6) is 0 Å². The van der Waals surface area contributed by atoms with Crippen LogP contribution < -0.4 is 10.6 Å². The SMILES string of the molecule is CC[C@@H](Sc1nc(NCCc2ccccc2)c2ccccc2n1)C(=O)NCc1ccco1. The number of fused-ring (bicyclic) bond motifs is 1. The molecule has 2 N–H and O–H groups in total. The van der Waals surface area contributed by atoms with Gasteiger partial charge in [-0.25, -0.2) is 9.97 Å². The minimum absolute atomic E-state index is 0.0516. The lowest BCUT2D eigenvalue weighted by Crippen LogP contribution is -2.31. The van der Waals surface area contributed by atoms with Crippen molar-refractivity contribution in [2.24, 2.45) is 0 Å². The van der Waals surface area contributed by atoms with E-state index in [-0.39, 0.29) is 11.2 Å². The van der Waals surface area contributed by atoms with Gasteiger partial charge in [0.2, 0.25) is 5.91 Å². The molecule has 4 aromatic rings. The van der Waals surface area contributed by atoms with E-state index in [2.05, 4.69) is 22.8 Å². The van der Waals surface area contributed by atoms with Gasteiger partial charge in [0.1, 0.15) is 11.6 Å². The molecular formula is C25H26N4O2S. The van der Waals surface area contributed by atoms with E-state index in [1.807, 2.05) is 61.5 Å². The summed E-state index contributed by atoms with van der Waals surface area (Å²) >= 11 is 1.39. The van der Waals surface area contributed by atoms with Crippen LogP contribution in [0.3, 0.4) is 0 Å². The number of nitrogens with one attached hydrogen (secondary N) is 2. The molecule has 0 bridgehead atoms. The van der Waals surface area contributed by atoms with Gasteiger partial charge in [0.05, 0.1) is 23.6 Å². The lowest BCUT2D eigenvalue weighted by atomic mass is 10.1. The molecule has 2 heterocycles. The molecule has 0 spiro atoms. The Hall–Kier alpha value is -3.32. The van der Waals surface area contributed by atoms with Gasteiger partial charge in [-0.05, 0) is 42.7 Å². The molecule has 0 fully saturated rings. The third kappa shape index (κ3) is 5.68. The Labute approximate surface area is 191 Å². The average molecular weight is 447 g/mol. The van der Waals surface area contributed by atoms with Gasteiger partial charge in [-0.15, -0.1) is 0 Å². The summed E-state index contributed by atoms with van der Waals surface area (Å²) < 4.78 is 5.29. The third-order valence-electron chi connectivity index (χ3n) is 5.06. The highest BCUT2D eigenvalue weighted by Crippen LogP contribution is 2.28. The normalized spacial score (nSPS) is 11.9. The number of hydrogen-bond acceptors (Lipinski definition) is 6. The number of benzene rings is 2. The number of furan rings is 1. The van der Waals surface area contributed by atoms with Crippen LogP contribution in [-0.4, -0.2) is 27.7 Å². The summed E-state index contributed by atoms with van der Waals surface area (Å²) in [6, 6.07) is 21.9. The van der Waals surface area contributed by atoms with Crippen LogP contribution in [0.4, 0.5) is 5.82 Å². The Balaban J connectivity index is 1.46. The van der Waals surface area contributed by atoms with Gasteiger partial charge >= 0.3 is 0 Å². The molecule has 0 aliphatic heterocycles. The van der Waals surface area contributed by atoms with Gasteiger partial charge in [0, 0.05) is 11.9 Å². The minimum Gasteiger partial charge on any atom is -0.467 e. The number of hydrogen-bond donors (Lipinski definition) is 2. The average Bonchev–Trinajstić information content (AvgIpc) is 3.35. The van der Waals surface area contributed by atoms with Crippen molar-refractivity contribution in [3.63, 3.8) is 0 Å². The zero-order chi connectivity index (χ0) is 22.2. The second kappa shape index (κ2) is 10.8. The molecule has 6 nitrogen and oxygen atoms in total. The molecule has 1 amide bonds. The Morgan fingerprint density at radius 3 is 2.62 bits per heavy atom. The van der Waals surface area contributed by atoms with Crippen LogP contribution in [0.25, 0.3) is 10.9 Å². The Kier molecular flexibility index (Phi) is 7.40.